The molecule has 0 aromatic heterocycles. The Balaban J connectivity index is 2.52. The molecule has 76 valence electrons. The Kier molecular flexibility index (Phi) is 3.72. The molecule has 0 radical (unpaired) electrons. The van der Waals surface area contributed by atoms with E-state index in [0.29, 0.717) is 18.4 Å². The third-order valence-corrected chi connectivity index (χ3v) is 2.60. The standard InChI is InChI=1S/C10H19NO2/c1-4-11-10(12)9-8(7(2)3)5-6-13-9/h7-9H,4-6H2,1-3H3,(H,11,12)/t8-,9-/m1/s1. The third-order valence-electron chi connectivity index (χ3n) is 2.60. The van der Waals surface area contributed by atoms with E-state index in [1.165, 1.54) is 0 Å². The number of nitrogens with one attached hydrogen (secondary N) is 1. The molecule has 1 aliphatic heterocycles. The molecule has 3 heteroatoms. The number of likely N-dealkylation sites (N-methyl/N-ethyl adjacent to an activating group) is 1. The molecule has 0 aromatic rings. The molecule has 0 bridgehead atoms. The number of carbonyl (C=O) groups excluding carboxylic acids is 1. The third kappa shape index (κ3) is 2.44. The molecule has 1 aliphatic rings. The van der Waals surface area contributed by atoms with Crippen LogP contribution in [0.15, 0.2) is 0 Å². The van der Waals surface area contributed by atoms with Gasteiger partial charge in [0, 0.05) is 13.2 Å². The molecule has 0 saturated carbocycles. The Morgan fingerprint density at radius 3 is 2.85 bits per heavy atom. The first-order chi connectivity index (χ1) is 6.16. The second kappa shape index (κ2) is 4.61. The SMILES string of the molecule is CCNC(=O)[C@@H]1OCC[C@@H]1C(C)C. The van der Waals surface area contributed by atoms with Crippen molar-refractivity contribution in [3.8, 4) is 0 Å². The van der Waals surface area contributed by atoms with Gasteiger partial charge in [0.1, 0.15) is 6.10 Å². The highest BCUT2D eigenvalue weighted by atomic mass is 16.5. The van der Waals surface area contributed by atoms with Crippen molar-refractivity contribution in [3.63, 3.8) is 0 Å². The first kappa shape index (κ1) is 10.5. The van der Waals surface area contributed by atoms with Gasteiger partial charge in [-0.25, -0.2) is 0 Å². The first-order valence-corrected chi connectivity index (χ1v) is 5.06. The lowest BCUT2D eigenvalue weighted by Gasteiger charge is -2.20. The molecule has 1 fully saturated rings. The van der Waals surface area contributed by atoms with Crippen LogP contribution < -0.4 is 5.32 Å². The zero-order chi connectivity index (χ0) is 9.84. The molecular weight excluding hydrogens is 166 g/mol. The molecule has 13 heavy (non-hydrogen) atoms. The number of ether oxygens (including phenoxy) is 1. The van der Waals surface area contributed by atoms with Crippen LogP contribution in [0, 0.1) is 11.8 Å². The van der Waals surface area contributed by atoms with Crippen LogP contribution in [0.4, 0.5) is 0 Å². The highest BCUT2D eigenvalue weighted by Crippen LogP contribution is 2.27. The van der Waals surface area contributed by atoms with Crippen molar-refractivity contribution in [2.75, 3.05) is 13.2 Å². The van der Waals surface area contributed by atoms with Gasteiger partial charge < -0.3 is 10.1 Å². The van der Waals surface area contributed by atoms with Crippen LogP contribution in [0.3, 0.4) is 0 Å². The number of hydrogen-bond donors (Lipinski definition) is 1. The van der Waals surface area contributed by atoms with Gasteiger partial charge in [0.25, 0.3) is 0 Å². The van der Waals surface area contributed by atoms with Gasteiger partial charge in [-0.1, -0.05) is 13.8 Å². The summed E-state index contributed by atoms with van der Waals surface area (Å²) in [6.45, 7) is 7.63. The van der Waals surface area contributed by atoms with Crippen LogP contribution in [0.1, 0.15) is 27.2 Å². The summed E-state index contributed by atoms with van der Waals surface area (Å²) in [5.41, 5.74) is 0. The quantitative estimate of drug-likeness (QED) is 0.717. The van der Waals surface area contributed by atoms with E-state index in [4.69, 9.17) is 4.74 Å². The fourth-order valence-corrected chi connectivity index (χ4v) is 1.83. The summed E-state index contributed by atoms with van der Waals surface area (Å²) >= 11 is 0. The van der Waals surface area contributed by atoms with Crippen molar-refractivity contribution in [1.29, 1.82) is 0 Å². The van der Waals surface area contributed by atoms with Crippen molar-refractivity contribution >= 4 is 5.91 Å². The fraction of sp³-hybridized carbons (Fsp3) is 0.900. The lowest BCUT2D eigenvalue weighted by Crippen LogP contribution is -2.39. The van der Waals surface area contributed by atoms with Crippen molar-refractivity contribution in [2.45, 2.75) is 33.3 Å². The molecule has 2 atom stereocenters. The van der Waals surface area contributed by atoms with Crippen LogP contribution in [0.5, 0.6) is 0 Å². The summed E-state index contributed by atoms with van der Waals surface area (Å²) in [5, 5.41) is 2.81. The molecule has 1 N–H and O–H groups in total. The minimum absolute atomic E-state index is 0.0544. The van der Waals surface area contributed by atoms with Gasteiger partial charge >= 0.3 is 0 Å². The lowest BCUT2D eigenvalue weighted by atomic mass is 9.89. The van der Waals surface area contributed by atoms with Gasteiger partial charge in [0.15, 0.2) is 0 Å². The minimum Gasteiger partial charge on any atom is -0.368 e. The zero-order valence-corrected chi connectivity index (χ0v) is 8.67. The van der Waals surface area contributed by atoms with E-state index in [0.717, 1.165) is 13.0 Å². The summed E-state index contributed by atoms with van der Waals surface area (Å²) in [6, 6.07) is 0. The summed E-state index contributed by atoms with van der Waals surface area (Å²) in [6.07, 6.45) is 0.805. The van der Waals surface area contributed by atoms with Crippen LogP contribution >= 0.6 is 0 Å². The van der Waals surface area contributed by atoms with Crippen molar-refractivity contribution < 1.29 is 9.53 Å². The van der Waals surface area contributed by atoms with Crippen molar-refractivity contribution in [3.05, 3.63) is 0 Å². The summed E-state index contributed by atoms with van der Waals surface area (Å²) in [4.78, 5) is 11.5. The molecule has 1 rings (SSSR count). The normalized spacial score (nSPS) is 28.0. The Labute approximate surface area is 79.8 Å². The van der Waals surface area contributed by atoms with E-state index in [9.17, 15) is 4.79 Å². The van der Waals surface area contributed by atoms with E-state index < -0.39 is 0 Å². The number of amides is 1. The molecule has 1 amide bonds. The molecular formula is C10H19NO2. The van der Waals surface area contributed by atoms with Crippen molar-refractivity contribution in [1.82, 2.24) is 5.32 Å². The average molecular weight is 185 g/mol. The van der Waals surface area contributed by atoms with E-state index in [-0.39, 0.29) is 12.0 Å². The maximum absolute atomic E-state index is 11.5. The lowest BCUT2D eigenvalue weighted by molar-refractivity contribution is -0.132. The van der Waals surface area contributed by atoms with Gasteiger partial charge in [-0.15, -0.1) is 0 Å². The minimum atomic E-state index is -0.208. The van der Waals surface area contributed by atoms with Gasteiger partial charge in [-0.05, 0) is 25.2 Å². The maximum Gasteiger partial charge on any atom is 0.249 e. The summed E-state index contributed by atoms with van der Waals surface area (Å²) in [5.74, 6) is 0.973. The Hall–Kier alpha value is -0.570. The summed E-state index contributed by atoms with van der Waals surface area (Å²) in [7, 11) is 0. The van der Waals surface area contributed by atoms with Crippen molar-refractivity contribution in [2.24, 2.45) is 11.8 Å². The monoisotopic (exact) mass is 185 g/mol. The molecule has 0 aliphatic carbocycles. The highest BCUT2D eigenvalue weighted by molar-refractivity contribution is 5.81. The smallest absolute Gasteiger partial charge is 0.249 e. The molecule has 1 heterocycles. The largest absolute Gasteiger partial charge is 0.368 e. The van der Waals surface area contributed by atoms with Gasteiger partial charge in [0.05, 0.1) is 0 Å². The van der Waals surface area contributed by atoms with E-state index in [1.54, 1.807) is 0 Å². The number of hydrogen-bond acceptors (Lipinski definition) is 2. The first-order valence-electron chi connectivity index (χ1n) is 5.06. The zero-order valence-electron chi connectivity index (χ0n) is 8.67. The Morgan fingerprint density at radius 1 is 1.62 bits per heavy atom. The number of carbonyl (C=O) groups is 1. The van der Waals surface area contributed by atoms with Crippen LogP contribution in [0.2, 0.25) is 0 Å². The van der Waals surface area contributed by atoms with Gasteiger partial charge in [-0.3, -0.25) is 4.79 Å². The topological polar surface area (TPSA) is 38.3 Å². The molecule has 0 unspecified atom stereocenters. The second-order valence-corrected chi connectivity index (χ2v) is 3.88. The Morgan fingerprint density at radius 2 is 2.31 bits per heavy atom. The fourth-order valence-electron chi connectivity index (χ4n) is 1.83. The van der Waals surface area contributed by atoms with Crippen LogP contribution in [0.25, 0.3) is 0 Å². The van der Waals surface area contributed by atoms with E-state index in [2.05, 4.69) is 19.2 Å². The van der Waals surface area contributed by atoms with Crippen LogP contribution in [-0.2, 0) is 9.53 Å². The molecule has 1 saturated heterocycles. The molecule has 3 nitrogen and oxygen atoms in total. The molecule has 0 aromatic carbocycles. The molecule has 0 spiro atoms. The van der Waals surface area contributed by atoms with Crippen LogP contribution in [-0.4, -0.2) is 25.2 Å². The predicted molar refractivity (Wildman–Crippen MR) is 51.4 cm³/mol. The van der Waals surface area contributed by atoms with E-state index in [1.807, 2.05) is 6.92 Å². The Bertz CT molecular complexity index is 180. The maximum atomic E-state index is 11.5. The summed E-state index contributed by atoms with van der Waals surface area (Å²) < 4.78 is 5.43. The second-order valence-electron chi connectivity index (χ2n) is 3.88. The highest BCUT2D eigenvalue weighted by Gasteiger charge is 2.35. The van der Waals surface area contributed by atoms with Gasteiger partial charge in [0.2, 0.25) is 5.91 Å². The average Bonchev–Trinajstić information content (AvgIpc) is 2.52. The number of rotatable bonds is 3. The predicted octanol–water partition coefficient (Wildman–Crippen LogP) is 1.18. The van der Waals surface area contributed by atoms with Gasteiger partial charge in [-0.2, -0.15) is 0 Å². The van der Waals surface area contributed by atoms with E-state index >= 15 is 0 Å².